The number of ether oxygens (including phenoxy) is 1. The lowest BCUT2D eigenvalue weighted by atomic mass is 9.91. The summed E-state index contributed by atoms with van der Waals surface area (Å²) in [5, 5.41) is 9.37. The summed E-state index contributed by atoms with van der Waals surface area (Å²) >= 11 is 0. The number of hydrogen-bond acceptors (Lipinski definition) is 3. The van der Waals surface area contributed by atoms with Crippen molar-refractivity contribution in [3.8, 4) is 0 Å². The highest BCUT2D eigenvalue weighted by Gasteiger charge is 2.52. The van der Waals surface area contributed by atoms with Gasteiger partial charge in [0.1, 0.15) is 0 Å². The van der Waals surface area contributed by atoms with Gasteiger partial charge in [-0.1, -0.05) is 36.4 Å². The Morgan fingerprint density at radius 1 is 1.35 bits per heavy atom. The zero-order valence-corrected chi connectivity index (χ0v) is 11.5. The maximum Gasteiger partial charge on any atom is 0.314 e. The standard InChI is InChI=1S/C16H18O4/c1-2-20-14(17)9-5-7-12-6-3-4-8-13(12)16(10-11-16)15(18)19/h3-8H,2,9-11H2,1H3,(H,18,19). The van der Waals surface area contributed by atoms with Crippen molar-refractivity contribution >= 4 is 18.0 Å². The minimum absolute atomic E-state index is 0.197. The Morgan fingerprint density at radius 3 is 2.65 bits per heavy atom. The second kappa shape index (κ2) is 5.90. The summed E-state index contributed by atoms with van der Waals surface area (Å²) in [6.07, 6.45) is 5.06. The van der Waals surface area contributed by atoms with Crippen LogP contribution in [0, 0.1) is 0 Å². The van der Waals surface area contributed by atoms with Crippen LogP contribution in [0.1, 0.15) is 37.3 Å². The molecule has 20 heavy (non-hydrogen) atoms. The van der Waals surface area contributed by atoms with E-state index in [0.717, 1.165) is 11.1 Å². The third-order valence-electron chi connectivity index (χ3n) is 3.52. The minimum Gasteiger partial charge on any atom is -0.481 e. The van der Waals surface area contributed by atoms with E-state index in [-0.39, 0.29) is 12.4 Å². The molecule has 1 saturated carbocycles. The largest absolute Gasteiger partial charge is 0.481 e. The van der Waals surface area contributed by atoms with Crippen LogP contribution < -0.4 is 0 Å². The normalized spacial score (nSPS) is 16.1. The summed E-state index contributed by atoms with van der Waals surface area (Å²) in [5.74, 6) is -1.05. The minimum atomic E-state index is -0.774. The van der Waals surface area contributed by atoms with Gasteiger partial charge in [0.15, 0.2) is 0 Å². The van der Waals surface area contributed by atoms with Crippen LogP contribution in [0.3, 0.4) is 0 Å². The summed E-state index contributed by atoms with van der Waals surface area (Å²) in [6.45, 7) is 2.13. The van der Waals surface area contributed by atoms with Crippen molar-refractivity contribution < 1.29 is 19.4 Å². The monoisotopic (exact) mass is 274 g/mol. The molecule has 1 aromatic carbocycles. The van der Waals surface area contributed by atoms with Gasteiger partial charge in [-0.2, -0.15) is 0 Å². The first kappa shape index (κ1) is 14.3. The fourth-order valence-electron chi connectivity index (χ4n) is 2.30. The van der Waals surface area contributed by atoms with Crippen LogP contribution in [0.25, 0.3) is 6.08 Å². The highest BCUT2D eigenvalue weighted by Crippen LogP contribution is 2.49. The predicted molar refractivity (Wildman–Crippen MR) is 75.3 cm³/mol. The fraction of sp³-hybridized carbons (Fsp3) is 0.375. The van der Waals surface area contributed by atoms with Gasteiger partial charge in [-0.05, 0) is 30.9 Å². The summed E-state index contributed by atoms with van der Waals surface area (Å²) in [4.78, 5) is 22.7. The van der Waals surface area contributed by atoms with Gasteiger partial charge < -0.3 is 9.84 Å². The van der Waals surface area contributed by atoms with Gasteiger partial charge in [0.2, 0.25) is 0 Å². The molecule has 1 fully saturated rings. The number of carbonyl (C=O) groups is 2. The SMILES string of the molecule is CCOC(=O)CC=Cc1ccccc1C1(C(=O)O)CC1. The molecule has 0 unspecified atom stereocenters. The van der Waals surface area contributed by atoms with Crippen LogP contribution in [0.5, 0.6) is 0 Å². The molecule has 0 heterocycles. The zero-order chi connectivity index (χ0) is 14.6. The maximum absolute atomic E-state index is 11.4. The summed E-state index contributed by atoms with van der Waals surface area (Å²) in [7, 11) is 0. The predicted octanol–water partition coefficient (Wildman–Crippen LogP) is 2.77. The van der Waals surface area contributed by atoms with Crippen LogP contribution in [0.15, 0.2) is 30.3 Å². The van der Waals surface area contributed by atoms with Crippen LogP contribution in [-0.4, -0.2) is 23.7 Å². The molecule has 0 radical (unpaired) electrons. The summed E-state index contributed by atoms with van der Waals surface area (Å²) < 4.78 is 4.84. The van der Waals surface area contributed by atoms with Crippen LogP contribution >= 0.6 is 0 Å². The molecule has 2 rings (SSSR count). The van der Waals surface area contributed by atoms with E-state index >= 15 is 0 Å². The Morgan fingerprint density at radius 2 is 2.05 bits per heavy atom. The molecule has 0 aromatic heterocycles. The molecule has 0 bridgehead atoms. The molecule has 1 aliphatic rings. The first-order chi connectivity index (χ1) is 9.60. The van der Waals surface area contributed by atoms with Crippen molar-refractivity contribution in [2.45, 2.75) is 31.6 Å². The Bertz CT molecular complexity index is 541. The number of carboxylic acid groups (broad SMARTS) is 1. The first-order valence-electron chi connectivity index (χ1n) is 6.75. The third-order valence-corrected chi connectivity index (χ3v) is 3.52. The van der Waals surface area contributed by atoms with Gasteiger partial charge in [-0.3, -0.25) is 9.59 Å². The average Bonchev–Trinajstić information content (AvgIpc) is 3.21. The third kappa shape index (κ3) is 2.90. The smallest absolute Gasteiger partial charge is 0.314 e. The van der Waals surface area contributed by atoms with Crippen LogP contribution in [-0.2, 0) is 19.7 Å². The van der Waals surface area contributed by atoms with Gasteiger partial charge in [-0.25, -0.2) is 0 Å². The van der Waals surface area contributed by atoms with E-state index < -0.39 is 11.4 Å². The Kier molecular flexibility index (Phi) is 4.23. The molecule has 0 spiro atoms. The second-order valence-electron chi connectivity index (χ2n) is 4.89. The van der Waals surface area contributed by atoms with Gasteiger partial charge >= 0.3 is 11.9 Å². The van der Waals surface area contributed by atoms with Gasteiger partial charge in [0.05, 0.1) is 18.4 Å². The fourth-order valence-corrected chi connectivity index (χ4v) is 2.30. The molecule has 4 nitrogen and oxygen atoms in total. The molecule has 1 N–H and O–H groups in total. The number of esters is 1. The van der Waals surface area contributed by atoms with Crippen molar-refractivity contribution in [1.82, 2.24) is 0 Å². The van der Waals surface area contributed by atoms with E-state index in [1.165, 1.54) is 0 Å². The molecular formula is C16H18O4. The lowest BCUT2D eigenvalue weighted by Gasteiger charge is -2.13. The number of carboxylic acids is 1. The van der Waals surface area contributed by atoms with Crippen molar-refractivity contribution in [3.63, 3.8) is 0 Å². The molecule has 0 saturated heterocycles. The molecule has 1 aliphatic carbocycles. The van der Waals surface area contributed by atoms with E-state index in [9.17, 15) is 14.7 Å². The topological polar surface area (TPSA) is 63.6 Å². The molecule has 0 amide bonds. The maximum atomic E-state index is 11.4. The van der Waals surface area contributed by atoms with Crippen molar-refractivity contribution in [2.75, 3.05) is 6.61 Å². The highest BCUT2D eigenvalue weighted by molar-refractivity contribution is 5.86. The lowest BCUT2D eigenvalue weighted by molar-refractivity contribution is -0.142. The molecular weight excluding hydrogens is 256 g/mol. The van der Waals surface area contributed by atoms with Crippen molar-refractivity contribution in [1.29, 1.82) is 0 Å². The summed E-state index contributed by atoms with van der Waals surface area (Å²) in [5.41, 5.74) is 0.953. The van der Waals surface area contributed by atoms with Gasteiger partial charge in [-0.15, -0.1) is 0 Å². The van der Waals surface area contributed by atoms with E-state index in [2.05, 4.69) is 0 Å². The van der Waals surface area contributed by atoms with Gasteiger partial charge in [0.25, 0.3) is 0 Å². The molecule has 0 atom stereocenters. The number of carbonyl (C=O) groups excluding carboxylic acids is 1. The molecule has 106 valence electrons. The number of benzene rings is 1. The second-order valence-corrected chi connectivity index (χ2v) is 4.89. The van der Waals surface area contributed by atoms with E-state index in [0.29, 0.717) is 19.4 Å². The van der Waals surface area contributed by atoms with Crippen LogP contribution in [0.4, 0.5) is 0 Å². The van der Waals surface area contributed by atoms with E-state index in [1.54, 1.807) is 19.1 Å². The Hall–Kier alpha value is -2.10. The van der Waals surface area contributed by atoms with E-state index in [4.69, 9.17) is 4.74 Å². The average molecular weight is 274 g/mol. The number of aliphatic carboxylic acids is 1. The summed E-state index contributed by atoms with van der Waals surface area (Å²) in [6, 6.07) is 7.44. The highest BCUT2D eigenvalue weighted by atomic mass is 16.5. The van der Waals surface area contributed by atoms with Crippen molar-refractivity contribution in [3.05, 3.63) is 41.5 Å². The Balaban J connectivity index is 2.15. The first-order valence-corrected chi connectivity index (χ1v) is 6.75. The van der Waals surface area contributed by atoms with Gasteiger partial charge in [0, 0.05) is 0 Å². The number of hydrogen-bond donors (Lipinski definition) is 1. The zero-order valence-electron chi connectivity index (χ0n) is 11.5. The van der Waals surface area contributed by atoms with E-state index in [1.807, 2.05) is 24.3 Å². The molecule has 4 heteroatoms. The lowest BCUT2D eigenvalue weighted by Crippen LogP contribution is -2.20. The van der Waals surface area contributed by atoms with Crippen molar-refractivity contribution in [2.24, 2.45) is 0 Å². The molecule has 0 aliphatic heterocycles. The van der Waals surface area contributed by atoms with Crippen LogP contribution in [0.2, 0.25) is 0 Å². The Labute approximate surface area is 118 Å². The number of rotatable bonds is 6. The molecule has 1 aromatic rings. The quantitative estimate of drug-likeness (QED) is 0.810.